The first-order valence-electron chi connectivity index (χ1n) is 7.68. The van der Waals surface area contributed by atoms with Gasteiger partial charge in [0, 0.05) is 0 Å². The summed E-state index contributed by atoms with van der Waals surface area (Å²) in [5, 5.41) is 0. The Morgan fingerprint density at radius 2 is 0.682 bits per heavy atom. The Balaban J connectivity index is 2.27. The summed E-state index contributed by atoms with van der Waals surface area (Å²) in [5.41, 5.74) is 2.69. The van der Waals surface area contributed by atoms with Crippen LogP contribution in [-0.4, -0.2) is 0 Å². The smallest absolute Gasteiger partial charge is 0.00915 e. The molecule has 0 heteroatoms. The summed E-state index contributed by atoms with van der Waals surface area (Å²) in [5.74, 6) is 0. The van der Waals surface area contributed by atoms with E-state index in [1.165, 1.54) is 11.1 Å². The molecule has 0 aromatic heterocycles. The molecule has 0 fully saturated rings. The van der Waals surface area contributed by atoms with Crippen molar-refractivity contribution in [2.45, 2.75) is 12.8 Å². The Morgan fingerprint density at radius 1 is 0.364 bits per heavy atom. The van der Waals surface area contributed by atoms with Crippen LogP contribution in [0.15, 0.2) is 121 Å². The van der Waals surface area contributed by atoms with Crippen LogP contribution in [0.3, 0.4) is 0 Å². The molecule has 22 heavy (non-hydrogen) atoms. The molecule has 2 aliphatic rings. The van der Waals surface area contributed by atoms with Crippen LogP contribution < -0.4 is 0 Å². The summed E-state index contributed by atoms with van der Waals surface area (Å²) >= 11 is 0. The minimum Gasteiger partial charge on any atom is -0.0801 e. The number of allylic oxidation sites excluding steroid dienone is 20. The van der Waals surface area contributed by atoms with Crippen molar-refractivity contribution >= 4 is 0 Å². The molecule has 0 amide bonds. The normalized spacial score (nSPS) is 32.0. The van der Waals surface area contributed by atoms with E-state index in [2.05, 4.69) is 72.9 Å². The van der Waals surface area contributed by atoms with Crippen molar-refractivity contribution in [1.29, 1.82) is 0 Å². The maximum absolute atomic E-state index is 2.21. The largest absolute Gasteiger partial charge is 0.0801 e. The van der Waals surface area contributed by atoms with E-state index in [0.717, 1.165) is 12.8 Å². The Kier molecular flexibility index (Phi) is 7.30. The van der Waals surface area contributed by atoms with E-state index < -0.39 is 0 Å². The third kappa shape index (κ3) is 6.23. The second-order valence-electron chi connectivity index (χ2n) is 4.96. The van der Waals surface area contributed by atoms with Crippen molar-refractivity contribution in [2.75, 3.05) is 0 Å². The molecule has 0 spiro atoms. The fraction of sp³-hybridized carbons (Fsp3) is 0.0909. The average molecular weight is 286 g/mol. The second-order valence-corrected chi connectivity index (χ2v) is 4.96. The first-order chi connectivity index (χ1) is 11.0. The van der Waals surface area contributed by atoms with Gasteiger partial charge in [-0.2, -0.15) is 0 Å². The topological polar surface area (TPSA) is 0 Å². The fourth-order valence-corrected chi connectivity index (χ4v) is 2.14. The summed E-state index contributed by atoms with van der Waals surface area (Å²) in [4.78, 5) is 0. The van der Waals surface area contributed by atoms with Crippen LogP contribution in [0.25, 0.3) is 0 Å². The van der Waals surface area contributed by atoms with E-state index in [9.17, 15) is 0 Å². The Labute approximate surface area is 133 Å². The lowest BCUT2D eigenvalue weighted by atomic mass is 9.98. The maximum Gasteiger partial charge on any atom is -0.00915 e. The Hall–Kier alpha value is -2.60. The van der Waals surface area contributed by atoms with Crippen molar-refractivity contribution < 1.29 is 0 Å². The van der Waals surface area contributed by atoms with Gasteiger partial charge in [-0.05, 0) is 24.0 Å². The minimum atomic E-state index is 0.938. The third-order valence-corrected chi connectivity index (χ3v) is 3.29. The molecule has 0 saturated heterocycles. The summed E-state index contributed by atoms with van der Waals surface area (Å²) < 4.78 is 0. The molecular formula is C22H22. The molecule has 0 nitrogen and oxygen atoms in total. The second kappa shape index (κ2) is 10.2. The van der Waals surface area contributed by atoms with Crippen LogP contribution in [0.1, 0.15) is 12.8 Å². The quantitative estimate of drug-likeness (QED) is 0.546. The zero-order chi connectivity index (χ0) is 15.3. The van der Waals surface area contributed by atoms with Crippen LogP contribution in [0.2, 0.25) is 0 Å². The van der Waals surface area contributed by atoms with E-state index in [4.69, 9.17) is 0 Å². The van der Waals surface area contributed by atoms with Crippen molar-refractivity contribution in [3.63, 3.8) is 0 Å². The van der Waals surface area contributed by atoms with Gasteiger partial charge in [-0.25, -0.2) is 0 Å². The van der Waals surface area contributed by atoms with Crippen LogP contribution >= 0.6 is 0 Å². The first-order valence-corrected chi connectivity index (χ1v) is 7.68. The van der Waals surface area contributed by atoms with Crippen molar-refractivity contribution in [1.82, 2.24) is 0 Å². The van der Waals surface area contributed by atoms with E-state index in [1.807, 2.05) is 36.5 Å². The van der Waals surface area contributed by atoms with Gasteiger partial charge in [0.2, 0.25) is 0 Å². The van der Waals surface area contributed by atoms with E-state index in [1.54, 1.807) is 0 Å². The molecule has 0 unspecified atom stereocenters. The van der Waals surface area contributed by atoms with Crippen LogP contribution in [0.4, 0.5) is 0 Å². The molecule has 0 aromatic rings. The van der Waals surface area contributed by atoms with Gasteiger partial charge in [0.05, 0.1) is 0 Å². The molecule has 2 rings (SSSR count). The van der Waals surface area contributed by atoms with Crippen molar-refractivity contribution in [3.05, 3.63) is 121 Å². The maximum atomic E-state index is 2.21. The Morgan fingerprint density at radius 3 is 1.09 bits per heavy atom. The molecule has 0 saturated carbocycles. The summed E-state index contributed by atoms with van der Waals surface area (Å²) in [6.07, 6.45) is 39.6. The van der Waals surface area contributed by atoms with Crippen LogP contribution in [0.5, 0.6) is 0 Å². The predicted molar refractivity (Wildman–Crippen MR) is 98.5 cm³/mol. The zero-order valence-electron chi connectivity index (χ0n) is 12.8. The zero-order valence-corrected chi connectivity index (χ0v) is 12.8. The van der Waals surface area contributed by atoms with E-state index in [-0.39, 0.29) is 0 Å². The highest BCUT2D eigenvalue weighted by molar-refractivity contribution is 5.40. The predicted octanol–water partition coefficient (Wildman–Crippen LogP) is 6.10. The minimum absolute atomic E-state index is 0.938. The summed E-state index contributed by atoms with van der Waals surface area (Å²) in [6, 6.07) is 0. The van der Waals surface area contributed by atoms with Crippen LogP contribution in [-0.2, 0) is 0 Å². The molecule has 0 aromatic carbocycles. The molecule has 0 aliphatic heterocycles. The molecule has 2 aliphatic carbocycles. The SMILES string of the molecule is C1=C/C=C\CC(/C2=C/C=C/C=C\C=C/C=C/C2)=C\C=C\C=C1. The van der Waals surface area contributed by atoms with Crippen LogP contribution in [0, 0.1) is 0 Å². The summed E-state index contributed by atoms with van der Waals surface area (Å²) in [7, 11) is 0. The van der Waals surface area contributed by atoms with E-state index in [0.29, 0.717) is 0 Å². The molecule has 0 radical (unpaired) electrons. The summed E-state index contributed by atoms with van der Waals surface area (Å²) in [6.45, 7) is 0. The number of hydrogen-bond acceptors (Lipinski definition) is 0. The van der Waals surface area contributed by atoms with Gasteiger partial charge in [-0.3, -0.25) is 0 Å². The average Bonchev–Trinajstić information content (AvgIpc) is 2.64. The van der Waals surface area contributed by atoms with E-state index >= 15 is 0 Å². The lowest BCUT2D eigenvalue weighted by Crippen LogP contribution is -1.88. The number of rotatable bonds is 1. The van der Waals surface area contributed by atoms with Crippen molar-refractivity contribution in [3.8, 4) is 0 Å². The lowest BCUT2D eigenvalue weighted by molar-refractivity contribution is 1.14. The van der Waals surface area contributed by atoms with Gasteiger partial charge < -0.3 is 0 Å². The Bertz CT molecular complexity index is 578. The molecule has 110 valence electrons. The molecule has 0 bridgehead atoms. The fourth-order valence-electron chi connectivity index (χ4n) is 2.14. The molecular weight excluding hydrogens is 264 g/mol. The first kappa shape index (κ1) is 15.8. The van der Waals surface area contributed by atoms with Gasteiger partial charge in [0.25, 0.3) is 0 Å². The van der Waals surface area contributed by atoms with Gasteiger partial charge in [-0.1, -0.05) is 109 Å². The third-order valence-electron chi connectivity index (χ3n) is 3.29. The molecule has 0 atom stereocenters. The highest BCUT2D eigenvalue weighted by atomic mass is 14.1. The van der Waals surface area contributed by atoms with Crippen molar-refractivity contribution in [2.24, 2.45) is 0 Å². The van der Waals surface area contributed by atoms with Gasteiger partial charge in [0.15, 0.2) is 0 Å². The van der Waals surface area contributed by atoms with Gasteiger partial charge >= 0.3 is 0 Å². The standard InChI is InChI=1S/C22H22/c1-2-6-10-14-18-21(17-13-9-5-1)22-19-15-11-7-3-4-8-12-16-20-22/h1-17,19H,18,20H2/b5-1-,6-2-,7-3?,8-4?,13-9+,14-10+,15-11+,16-12-,21-17+,22-19+. The molecule has 0 heterocycles. The molecule has 0 N–H and O–H groups in total. The highest BCUT2D eigenvalue weighted by Crippen LogP contribution is 2.20. The van der Waals surface area contributed by atoms with Gasteiger partial charge in [0.1, 0.15) is 0 Å². The highest BCUT2D eigenvalue weighted by Gasteiger charge is 2.01. The number of hydrogen-bond donors (Lipinski definition) is 0. The lowest BCUT2D eigenvalue weighted by Gasteiger charge is -2.08. The monoisotopic (exact) mass is 286 g/mol. The van der Waals surface area contributed by atoms with Gasteiger partial charge in [-0.15, -0.1) is 0 Å².